The van der Waals surface area contributed by atoms with E-state index in [9.17, 15) is 14.0 Å². The van der Waals surface area contributed by atoms with E-state index < -0.39 is 23.9 Å². The van der Waals surface area contributed by atoms with E-state index in [1.54, 1.807) is 12.1 Å². The lowest BCUT2D eigenvalue weighted by atomic mass is 10.0. The van der Waals surface area contributed by atoms with Crippen LogP contribution in [0.1, 0.15) is 19.4 Å². The molecule has 0 radical (unpaired) electrons. The SMILES string of the molecule is CC(C)[C@H](NC(=O)OCc1ccccc1)C(=O)Nc1ccc(N2CCOCC2)c(F)c1. The number of benzene rings is 2. The van der Waals surface area contributed by atoms with Crippen molar-refractivity contribution in [3.8, 4) is 0 Å². The minimum absolute atomic E-state index is 0.104. The largest absolute Gasteiger partial charge is 0.445 e. The molecular weight excluding hydrogens is 401 g/mol. The molecule has 0 aliphatic carbocycles. The molecule has 166 valence electrons. The quantitative estimate of drug-likeness (QED) is 0.704. The van der Waals surface area contributed by atoms with Crippen LogP contribution in [0.3, 0.4) is 0 Å². The maximum Gasteiger partial charge on any atom is 0.408 e. The third kappa shape index (κ3) is 6.42. The van der Waals surface area contributed by atoms with E-state index in [0.717, 1.165) is 5.56 Å². The van der Waals surface area contributed by atoms with E-state index in [1.807, 2.05) is 49.1 Å². The molecule has 0 spiro atoms. The highest BCUT2D eigenvalue weighted by Gasteiger charge is 2.25. The van der Waals surface area contributed by atoms with Crippen LogP contribution >= 0.6 is 0 Å². The summed E-state index contributed by atoms with van der Waals surface area (Å²) in [5.41, 5.74) is 1.65. The third-order valence-electron chi connectivity index (χ3n) is 5.00. The lowest BCUT2D eigenvalue weighted by molar-refractivity contribution is -0.119. The van der Waals surface area contributed by atoms with Crippen molar-refractivity contribution in [1.29, 1.82) is 0 Å². The molecule has 31 heavy (non-hydrogen) atoms. The van der Waals surface area contributed by atoms with Gasteiger partial charge in [0.2, 0.25) is 5.91 Å². The van der Waals surface area contributed by atoms with Crippen molar-refractivity contribution in [3.05, 3.63) is 59.9 Å². The number of rotatable bonds is 7. The molecule has 1 aliphatic rings. The number of nitrogens with one attached hydrogen (secondary N) is 2. The normalized spacial score (nSPS) is 14.8. The van der Waals surface area contributed by atoms with Gasteiger partial charge in [0.15, 0.2) is 0 Å². The molecule has 2 amide bonds. The van der Waals surface area contributed by atoms with Crippen LogP contribution in [0.2, 0.25) is 0 Å². The maximum absolute atomic E-state index is 14.6. The molecule has 1 saturated heterocycles. The highest BCUT2D eigenvalue weighted by Crippen LogP contribution is 2.24. The van der Waals surface area contributed by atoms with Gasteiger partial charge in [-0.25, -0.2) is 9.18 Å². The Morgan fingerprint density at radius 2 is 1.84 bits per heavy atom. The smallest absolute Gasteiger partial charge is 0.408 e. The first-order valence-corrected chi connectivity index (χ1v) is 10.3. The van der Waals surface area contributed by atoms with Gasteiger partial charge in [0, 0.05) is 18.8 Å². The lowest BCUT2D eigenvalue weighted by Crippen LogP contribution is -2.47. The van der Waals surface area contributed by atoms with Crippen LogP contribution in [0.15, 0.2) is 48.5 Å². The number of alkyl carbamates (subject to hydrolysis) is 1. The number of carbonyl (C=O) groups is 2. The molecule has 3 rings (SSSR count). The zero-order chi connectivity index (χ0) is 22.2. The van der Waals surface area contributed by atoms with E-state index in [-0.39, 0.29) is 12.5 Å². The number of hydrogen-bond acceptors (Lipinski definition) is 5. The Labute approximate surface area is 181 Å². The summed E-state index contributed by atoms with van der Waals surface area (Å²) >= 11 is 0. The van der Waals surface area contributed by atoms with Crippen molar-refractivity contribution >= 4 is 23.4 Å². The Hall–Kier alpha value is -3.13. The van der Waals surface area contributed by atoms with Crippen LogP contribution in [-0.4, -0.2) is 44.3 Å². The van der Waals surface area contributed by atoms with E-state index >= 15 is 0 Å². The van der Waals surface area contributed by atoms with E-state index in [2.05, 4.69) is 10.6 Å². The summed E-state index contributed by atoms with van der Waals surface area (Å²) in [5, 5.41) is 5.28. The van der Waals surface area contributed by atoms with Crippen molar-refractivity contribution in [2.75, 3.05) is 36.5 Å². The van der Waals surface area contributed by atoms with Gasteiger partial charge in [0.1, 0.15) is 18.5 Å². The first kappa shape index (κ1) is 22.6. The summed E-state index contributed by atoms with van der Waals surface area (Å²) in [6.07, 6.45) is -0.688. The monoisotopic (exact) mass is 429 g/mol. The molecular formula is C23H28FN3O4. The summed E-state index contributed by atoms with van der Waals surface area (Å²) in [6.45, 7) is 6.07. The first-order valence-electron chi connectivity index (χ1n) is 10.3. The summed E-state index contributed by atoms with van der Waals surface area (Å²) in [5.74, 6) is -1.05. The molecule has 0 bridgehead atoms. The van der Waals surface area contributed by atoms with Crippen LogP contribution in [0.5, 0.6) is 0 Å². The molecule has 2 aromatic rings. The topological polar surface area (TPSA) is 79.9 Å². The van der Waals surface area contributed by atoms with Crippen LogP contribution in [0.4, 0.5) is 20.6 Å². The zero-order valence-corrected chi connectivity index (χ0v) is 17.8. The van der Waals surface area contributed by atoms with Gasteiger partial charge in [0.25, 0.3) is 0 Å². The minimum Gasteiger partial charge on any atom is -0.445 e. The summed E-state index contributed by atoms with van der Waals surface area (Å²) in [4.78, 5) is 26.8. The van der Waals surface area contributed by atoms with Crippen LogP contribution in [0, 0.1) is 11.7 Å². The molecule has 8 heteroatoms. The van der Waals surface area contributed by atoms with Crippen molar-refractivity contribution < 1.29 is 23.5 Å². The highest BCUT2D eigenvalue weighted by molar-refractivity contribution is 5.96. The summed E-state index contributed by atoms with van der Waals surface area (Å²) in [6, 6.07) is 13.0. The molecule has 0 saturated carbocycles. The minimum atomic E-state index is -0.828. The standard InChI is InChI=1S/C23H28FN3O4/c1-16(2)21(26-23(29)31-15-17-6-4-3-5-7-17)22(28)25-18-8-9-20(19(24)14-18)27-10-12-30-13-11-27/h3-9,14,16,21H,10-13,15H2,1-2H3,(H,25,28)(H,26,29)/t21-/m0/s1. The highest BCUT2D eigenvalue weighted by atomic mass is 19.1. The second-order valence-electron chi connectivity index (χ2n) is 7.68. The van der Waals surface area contributed by atoms with Gasteiger partial charge in [-0.1, -0.05) is 44.2 Å². The molecule has 2 N–H and O–H groups in total. The van der Waals surface area contributed by atoms with Crippen molar-refractivity contribution in [1.82, 2.24) is 5.32 Å². The number of ether oxygens (including phenoxy) is 2. The Morgan fingerprint density at radius 1 is 1.13 bits per heavy atom. The fourth-order valence-corrected chi connectivity index (χ4v) is 3.29. The Balaban J connectivity index is 1.58. The van der Waals surface area contributed by atoms with Gasteiger partial charge in [-0.3, -0.25) is 4.79 Å². The molecule has 2 aromatic carbocycles. The van der Waals surface area contributed by atoms with Crippen LogP contribution in [-0.2, 0) is 20.9 Å². The number of hydrogen-bond donors (Lipinski definition) is 2. The fraction of sp³-hybridized carbons (Fsp3) is 0.391. The molecule has 1 heterocycles. The van der Waals surface area contributed by atoms with Crippen LogP contribution in [0.25, 0.3) is 0 Å². The molecule has 0 aromatic heterocycles. The van der Waals surface area contributed by atoms with E-state index in [4.69, 9.17) is 9.47 Å². The number of amides is 2. The van der Waals surface area contributed by atoms with Crippen molar-refractivity contribution in [2.45, 2.75) is 26.5 Å². The van der Waals surface area contributed by atoms with Crippen molar-refractivity contribution in [3.63, 3.8) is 0 Å². The lowest BCUT2D eigenvalue weighted by Gasteiger charge is -2.29. The molecule has 7 nitrogen and oxygen atoms in total. The number of nitrogens with zero attached hydrogens (tertiary/aromatic N) is 1. The molecule has 1 aliphatic heterocycles. The average Bonchev–Trinajstić information content (AvgIpc) is 2.77. The Bertz CT molecular complexity index is 886. The van der Waals surface area contributed by atoms with Gasteiger partial charge in [-0.2, -0.15) is 0 Å². The first-order chi connectivity index (χ1) is 14.9. The van der Waals surface area contributed by atoms with Crippen LogP contribution < -0.4 is 15.5 Å². The molecule has 1 atom stereocenters. The van der Waals surface area contributed by atoms with Crippen molar-refractivity contribution in [2.24, 2.45) is 5.92 Å². The van der Waals surface area contributed by atoms with Gasteiger partial charge < -0.3 is 25.0 Å². The van der Waals surface area contributed by atoms with Gasteiger partial charge in [-0.15, -0.1) is 0 Å². The molecule has 1 fully saturated rings. The predicted octanol–water partition coefficient (Wildman–Crippen LogP) is 3.55. The Morgan fingerprint density at radius 3 is 2.48 bits per heavy atom. The fourth-order valence-electron chi connectivity index (χ4n) is 3.29. The van der Waals surface area contributed by atoms with Gasteiger partial charge in [0.05, 0.1) is 18.9 Å². The number of morpholine rings is 1. The predicted molar refractivity (Wildman–Crippen MR) is 116 cm³/mol. The van der Waals surface area contributed by atoms with Gasteiger partial charge >= 0.3 is 6.09 Å². The average molecular weight is 429 g/mol. The zero-order valence-electron chi connectivity index (χ0n) is 17.8. The second-order valence-corrected chi connectivity index (χ2v) is 7.68. The number of halogens is 1. The van der Waals surface area contributed by atoms with E-state index in [1.165, 1.54) is 6.07 Å². The maximum atomic E-state index is 14.6. The number of carbonyl (C=O) groups excluding carboxylic acids is 2. The summed E-state index contributed by atoms with van der Waals surface area (Å²) < 4.78 is 25.1. The van der Waals surface area contributed by atoms with Gasteiger partial charge in [-0.05, 0) is 29.7 Å². The second kappa shape index (κ2) is 10.8. The Kier molecular flexibility index (Phi) is 7.83. The third-order valence-corrected chi connectivity index (χ3v) is 5.00. The summed E-state index contributed by atoms with van der Waals surface area (Å²) in [7, 11) is 0. The molecule has 0 unspecified atom stereocenters. The number of anilines is 2. The van der Waals surface area contributed by atoms with E-state index in [0.29, 0.717) is 37.7 Å².